The van der Waals surface area contributed by atoms with Crippen molar-refractivity contribution in [3.8, 4) is 0 Å². The third kappa shape index (κ3) is 11.4. The largest absolute Gasteiger partial charge is 0.396 e. The monoisotopic (exact) mass is 490 g/mol. The molecule has 1 heterocycles. The lowest BCUT2D eigenvalue weighted by Gasteiger charge is -2.29. The number of aliphatic hydroxyl groups is 8. The molecule has 34 heavy (non-hydrogen) atoms. The van der Waals surface area contributed by atoms with E-state index in [4.69, 9.17) is 0 Å². The minimum atomic E-state index is -0.365. The van der Waals surface area contributed by atoms with Gasteiger partial charge in [0.25, 0.3) is 0 Å². The normalized spacial score (nSPS) is 12.4. The molecule has 12 heteroatoms. The summed E-state index contributed by atoms with van der Waals surface area (Å²) in [5.74, 6) is -1.46. The molecule has 1 rings (SSSR count). The Balaban J connectivity index is 2.89. The molecule has 12 nitrogen and oxygen atoms in total. The molecule has 198 valence electrons. The van der Waals surface area contributed by atoms with Crippen molar-refractivity contribution in [1.82, 2.24) is 19.8 Å². The van der Waals surface area contributed by atoms with Crippen molar-refractivity contribution in [2.75, 3.05) is 79.0 Å². The number of aromatic nitrogens is 2. The standard InChI is InChI=1S/C22H42N4O8/c27-9-17(10-28)3-25(4-18(11-29)12-30)7-21-1-23-22(2-24-21)8-26(5-19(13-31)14-32)6-20(15-33)16-34/h1-2,17-20,27-34H,3-16H2. The van der Waals surface area contributed by atoms with E-state index in [0.717, 1.165) is 0 Å². The van der Waals surface area contributed by atoms with Crippen LogP contribution >= 0.6 is 0 Å². The molecule has 0 saturated heterocycles. The van der Waals surface area contributed by atoms with Gasteiger partial charge in [0.1, 0.15) is 0 Å². The first-order valence-corrected chi connectivity index (χ1v) is 11.6. The fraction of sp³-hybridized carbons (Fsp3) is 0.818. The summed E-state index contributed by atoms with van der Waals surface area (Å²) in [6.45, 7) is 0.570. The van der Waals surface area contributed by atoms with Crippen LogP contribution in [0.25, 0.3) is 0 Å². The molecule has 0 radical (unpaired) electrons. The molecule has 0 bridgehead atoms. The Bertz CT molecular complexity index is 530. The molecule has 0 aromatic carbocycles. The van der Waals surface area contributed by atoms with Gasteiger partial charge in [-0.2, -0.15) is 0 Å². The Hall–Kier alpha value is -1.32. The number of nitrogens with zero attached hydrogens (tertiary/aromatic N) is 4. The lowest BCUT2D eigenvalue weighted by molar-refractivity contribution is 0.0703. The first-order valence-electron chi connectivity index (χ1n) is 11.6. The minimum absolute atomic E-state index is 0.193. The van der Waals surface area contributed by atoms with Gasteiger partial charge in [-0.3, -0.25) is 19.8 Å². The zero-order valence-electron chi connectivity index (χ0n) is 19.7. The zero-order valence-corrected chi connectivity index (χ0v) is 19.7. The summed E-state index contributed by atoms with van der Waals surface area (Å²) in [5.41, 5.74) is 1.26. The van der Waals surface area contributed by atoms with E-state index in [1.807, 2.05) is 9.80 Å². The highest BCUT2D eigenvalue weighted by Gasteiger charge is 2.20. The van der Waals surface area contributed by atoms with Crippen LogP contribution in [-0.4, -0.2) is 140 Å². The van der Waals surface area contributed by atoms with Gasteiger partial charge in [-0.05, 0) is 0 Å². The predicted molar refractivity (Wildman–Crippen MR) is 123 cm³/mol. The highest BCUT2D eigenvalue weighted by Crippen LogP contribution is 2.12. The van der Waals surface area contributed by atoms with E-state index in [0.29, 0.717) is 50.7 Å². The van der Waals surface area contributed by atoms with Crippen LogP contribution in [0.4, 0.5) is 0 Å². The molecule has 0 spiro atoms. The Morgan fingerprint density at radius 2 is 0.706 bits per heavy atom. The van der Waals surface area contributed by atoms with Crippen molar-refractivity contribution in [3.05, 3.63) is 23.8 Å². The summed E-state index contributed by atoms with van der Waals surface area (Å²) in [5, 5.41) is 75.4. The second-order valence-corrected chi connectivity index (χ2v) is 8.81. The molecule has 0 fully saturated rings. The number of rotatable bonds is 20. The van der Waals surface area contributed by atoms with Crippen molar-refractivity contribution in [2.24, 2.45) is 23.7 Å². The molecule has 0 unspecified atom stereocenters. The van der Waals surface area contributed by atoms with E-state index in [-0.39, 0.29) is 76.5 Å². The van der Waals surface area contributed by atoms with Gasteiger partial charge < -0.3 is 40.9 Å². The van der Waals surface area contributed by atoms with Gasteiger partial charge in [0, 0.05) is 116 Å². The number of hydrogen-bond donors (Lipinski definition) is 8. The SMILES string of the molecule is OCC(CO)CN(Cc1cnc(CN(CC(CO)CO)CC(CO)CO)cn1)CC(CO)CO. The van der Waals surface area contributed by atoms with E-state index in [9.17, 15) is 40.9 Å². The van der Waals surface area contributed by atoms with Crippen molar-refractivity contribution < 1.29 is 40.9 Å². The Morgan fingerprint density at radius 1 is 0.471 bits per heavy atom. The summed E-state index contributed by atoms with van der Waals surface area (Å²) in [6.07, 6.45) is 3.21. The van der Waals surface area contributed by atoms with Crippen LogP contribution in [0.5, 0.6) is 0 Å². The van der Waals surface area contributed by atoms with Crippen molar-refractivity contribution in [3.63, 3.8) is 0 Å². The van der Waals surface area contributed by atoms with Crippen LogP contribution in [0.3, 0.4) is 0 Å². The van der Waals surface area contributed by atoms with Crippen LogP contribution in [0, 0.1) is 23.7 Å². The average molecular weight is 491 g/mol. The summed E-state index contributed by atoms with van der Waals surface area (Å²) in [6, 6.07) is 0. The van der Waals surface area contributed by atoms with E-state index >= 15 is 0 Å². The van der Waals surface area contributed by atoms with E-state index in [1.54, 1.807) is 12.4 Å². The predicted octanol–water partition coefficient (Wildman–Crippen LogP) is -3.52. The molecular formula is C22H42N4O8. The zero-order chi connectivity index (χ0) is 25.3. The van der Waals surface area contributed by atoms with Gasteiger partial charge in [0.15, 0.2) is 0 Å². The smallest absolute Gasteiger partial charge is 0.0727 e. The van der Waals surface area contributed by atoms with Gasteiger partial charge in [0.05, 0.1) is 23.8 Å². The highest BCUT2D eigenvalue weighted by atomic mass is 16.3. The lowest BCUT2D eigenvalue weighted by atomic mass is 10.1. The van der Waals surface area contributed by atoms with Gasteiger partial charge >= 0.3 is 0 Å². The third-order valence-corrected chi connectivity index (χ3v) is 5.66. The molecule has 1 aromatic rings. The quantitative estimate of drug-likeness (QED) is 0.0899. The van der Waals surface area contributed by atoms with Gasteiger partial charge in [-0.1, -0.05) is 0 Å². The minimum Gasteiger partial charge on any atom is -0.396 e. The van der Waals surface area contributed by atoms with Crippen LogP contribution in [0.15, 0.2) is 12.4 Å². The van der Waals surface area contributed by atoms with Gasteiger partial charge in [-0.15, -0.1) is 0 Å². The Morgan fingerprint density at radius 3 is 0.882 bits per heavy atom. The van der Waals surface area contributed by atoms with Gasteiger partial charge in [0.2, 0.25) is 0 Å². The second-order valence-electron chi connectivity index (χ2n) is 8.81. The fourth-order valence-electron chi connectivity index (χ4n) is 3.56. The molecule has 0 aliphatic rings. The molecule has 0 aliphatic carbocycles. The molecule has 1 aromatic heterocycles. The molecule has 0 saturated carbocycles. The summed E-state index contributed by atoms with van der Waals surface area (Å²) in [4.78, 5) is 12.7. The van der Waals surface area contributed by atoms with E-state index in [2.05, 4.69) is 9.97 Å². The van der Waals surface area contributed by atoms with Crippen LogP contribution in [-0.2, 0) is 13.1 Å². The fourth-order valence-corrected chi connectivity index (χ4v) is 3.56. The van der Waals surface area contributed by atoms with Crippen LogP contribution < -0.4 is 0 Å². The molecule has 0 aliphatic heterocycles. The first kappa shape index (κ1) is 30.7. The molecule has 8 N–H and O–H groups in total. The van der Waals surface area contributed by atoms with Crippen molar-refractivity contribution in [2.45, 2.75) is 13.1 Å². The van der Waals surface area contributed by atoms with E-state index in [1.165, 1.54) is 0 Å². The maximum absolute atomic E-state index is 9.43. The molecule has 0 amide bonds. The van der Waals surface area contributed by atoms with Crippen LogP contribution in [0.2, 0.25) is 0 Å². The Kier molecular flexibility index (Phi) is 16.3. The maximum Gasteiger partial charge on any atom is 0.0727 e. The first-order chi connectivity index (χ1) is 16.5. The Labute approximate surface area is 200 Å². The third-order valence-electron chi connectivity index (χ3n) is 5.66. The molecule has 0 atom stereocenters. The second kappa shape index (κ2) is 18.0. The topological polar surface area (TPSA) is 194 Å². The van der Waals surface area contributed by atoms with Crippen molar-refractivity contribution in [1.29, 1.82) is 0 Å². The maximum atomic E-state index is 9.43. The van der Waals surface area contributed by atoms with Crippen molar-refractivity contribution >= 4 is 0 Å². The highest BCUT2D eigenvalue weighted by molar-refractivity contribution is 5.03. The van der Waals surface area contributed by atoms with Crippen LogP contribution in [0.1, 0.15) is 11.4 Å². The van der Waals surface area contributed by atoms with E-state index < -0.39 is 0 Å². The summed E-state index contributed by atoms with van der Waals surface area (Å²) in [7, 11) is 0. The number of aliphatic hydroxyl groups excluding tert-OH is 8. The average Bonchev–Trinajstić information content (AvgIpc) is 2.87. The summed E-state index contributed by atoms with van der Waals surface area (Å²) < 4.78 is 0. The summed E-state index contributed by atoms with van der Waals surface area (Å²) >= 11 is 0. The lowest BCUT2D eigenvalue weighted by Crippen LogP contribution is -2.38. The van der Waals surface area contributed by atoms with Gasteiger partial charge in [-0.25, -0.2) is 0 Å². The molecular weight excluding hydrogens is 448 g/mol. The number of hydrogen-bond acceptors (Lipinski definition) is 12.